The number of benzene rings is 1. The highest BCUT2D eigenvalue weighted by Gasteiger charge is 2.10. The van der Waals surface area contributed by atoms with Gasteiger partial charge in [-0.05, 0) is 24.7 Å². The van der Waals surface area contributed by atoms with Crippen LogP contribution < -0.4 is 5.32 Å². The monoisotopic (exact) mass is 240 g/mol. The molecule has 0 aliphatic rings. The third-order valence-electron chi connectivity index (χ3n) is 2.40. The molecule has 16 heavy (non-hydrogen) atoms. The third-order valence-corrected chi connectivity index (χ3v) is 2.71. The summed E-state index contributed by atoms with van der Waals surface area (Å²) in [6.07, 6.45) is 0. The Morgan fingerprint density at radius 3 is 2.50 bits per heavy atom. The van der Waals surface area contributed by atoms with E-state index in [-0.39, 0.29) is 5.91 Å². The summed E-state index contributed by atoms with van der Waals surface area (Å²) in [7, 11) is 3.67. The Balaban J connectivity index is 2.64. The molecule has 0 unspecified atom stereocenters. The lowest BCUT2D eigenvalue weighted by Crippen LogP contribution is -2.32. The Bertz CT molecular complexity index is 337. The average molecular weight is 241 g/mol. The second-order valence-corrected chi connectivity index (χ2v) is 3.93. The van der Waals surface area contributed by atoms with Crippen molar-refractivity contribution in [2.24, 2.45) is 0 Å². The van der Waals surface area contributed by atoms with E-state index in [0.29, 0.717) is 18.0 Å². The van der Waals surface area contributed by atoms with Gasteiger partial charge < -0.3 is 10.2 Å². The molecule has 0 heterocycles. The molecule has 88 valence electrons. The summed E-state index contributed by atoms with van der Waals surface area (Å²) < 4.78 is 0. The maximum absolute atomic E-state index is 11.9. The lowest BCUT2D eigenvalue weighted by molar-refractivity contribution is 0.0797. The third kappa shape index (κ3) is 3.51. The molecule has 0 aliphatic heterocycles. The van der Waals surface area contributed by atoms with E-state index < -0.39 is 0 Å². The Morgan fingerprint density at radius 2 is 2.00 bits per heavy atom. The van der Waals surface area contributed by atoms with Gasteiger partial charge in [-0.15, -0.1) is 11.6 Å². The van der Waals surface area contributed by atoms with Crippen LogP contribution in [0.25, 0.3) is 0 Å². The van der Waals surface area contributed by atoms with Crippen LogP contribution in [0.5, 0.6) is 0 Å². The van der Waals surface area contributed by atoms with Crippen LogP contribution in [0.4, 0.5) is 0 Å². The molecule has 0 saturated heterocycles. The molecule has 1 rings (SSSR count). The van der Waals surface area contributed by atoms with Crippen LogP contribution in [-0.4, -0.2) is 38.0 Å². The normalized spacial score (nSPS) is 10.2. The Labute approximate surface area is 101 Å². The van der Waals surface area contributed by atoms with Gasteiger partial charge in [-0.1, -0.05) is 12.1 Å². The number of halogens is 1. The zero-order valence-electron chi connectivity index (χ0n) is 9.66. The van der Waals surface area contributed by atoms with E-state index in [4.69, 9.17) is 11.6 Å². The van der Waals surface area contributed by atoms with Gasteiger partial charge in [0.05, 0.1) is 0 Å². The molecule has 1 N–H and O–H groups in total. The van der Waals surface area contributed by atoms with Crippen LogP contribution in [0.2, 0.25) is 0 Å². The highest BCUT2D eigenvalue weighted by atomic mass is 35.5. The summed E-state index contributed by atoms with van der Waals surface area (Å²) >= 11 is 5.69. The van der Waals surface area contributed by atoms with Crippen LogP contribution in [0.15, 0.2) is 24.3 Å². The van der Waals surface area contributed by atoms with Crippen molar-refractivity contribution in [3.63, 3.8) is 0 Å². The Morgan fingerprint density at radius 1 is 1.38 bits per heavy atom. The first-order valence-electron chi connectivity index (χ1n) is 5.24. The predicted octanol–water partition coefficient (Wildman–Crippen LogP) is 1.72. The van der Waals surface area contributed by atoms with Crippen LogP contribution in [-0.2, 0) is 5.88 Å². The maximum Gasteiger partial charge on any atom is 0.253 e. The van der Waals surface area contributed by atoms with E-state index in [0.717, 1.165) is 12.1 Å². The van der Waals surface area contributed by atoms with E-state index in [1.54, 1.807) is 11.9 Å². The highest BCUT2D eigenvalue weighted by molar-refractivity contribution is 6.17. The first kappa shape index (κ1) is 13.0. The van der Waals surface area contributed by atoms with Gasteiger partial charge in [-0.25, -0.2) is 0 Å². The van der Waals surface area contributed by atoms with Crippen molar-refractivity contribution in [2.45, 2.75) is 5.88 Å². The molecule has 4 heteroatoms. The molecular weight excluding hydrogens is 224 g/mol. The summed E-state index contributed by atoms with van der Waals surface area (Å²) in [5, 5.41) is 3.01. The second-order valence-electron chi connectivity index (χ2n) is 3.66. The number of alkyl halides is 1. The van der Waals surface area contributed by atoms with Crippen molar-refractivity contribution >= 4 is 17.5 Å². The first-order valence-corrected chi connectivity index (χ1v) is 5.77. The SMILES string of the molecule is CNCCN(C)C(=O)c1ccc(CCl)cc1. The molecule has 0 bridgehead atoms. The molecule has 0 radical (unpaired) electrons. The van der Waals surface area contributed by atoms with Crippen molar-refractivity contribution in [2.75, 3.05) is 27.2 Å². The average Bonchev–Trinajstić information content (AvgIpc) is 2.35. The zero-order valence-corrected chi connectivity index (χ0v) is 10.4. The number of likely N-dealkylation sites (N-methyl/N-ethyl adjacent to an activating group) is 2. The standard InChI is InChI=1S/C12H17ClN2O/c1-14-7-8-15(2)12(16)11-5-3-10(9-13)4-6-11/h3-6,14H,7-9H2,1-2H3. The van der Waals surface area contributed by atoms with Crippen LogP contribution >= 0.6 is 11.6 Å². The molecule has 1 aromatic carbocycles. The molecule has 0 aliphatic carbocycles. The van der Waals surface area contributed by atoms with Gasteiger partial charge in [-0.3, -0.25) is 4.79 Å². The molecule has 0 saturated carbocycles. The number of hydrogen-bond acceptors (Lipinski definition) is 2. The fourth-order valence-corrected chi connectivity index (χ4v) is 1.52. The lowest BCUT2D eigenvalue weighted by Gasteiger charge is -2.16. The number of carbonyl (C=O) groups excluding carboxylic acids is 1. The minimum atomic E-state index is 0.0383. The molecule has 0 fully saturated rings. The van der Waals surface area contributed by atoms with Crippen molar-refractivity contribution in [3.05, 3.63) is 35.4 Å². The van der Waals surface area contributed by atoms with Gasteiger partial charge in [-0.2, -0.15) is 0 Å². The highest BCUT2D eigenvalue weighted by Crippen LogP contribution is 2.08. The maximum atomic E-state index is 11.9. The number of nitrogens with zero attached hydrogens (tertiary/aromatic N) is 1. The van der Waals surface area contributed by atoms with E-state index in [2.05, 4.69) is 5.32 Å². The molecule has 1 aromatic rings. The van der Waals surface area contributed by atoms with Gasteiger partial charge in [0.25, 0.3) is 5.91 Å². The predicted molar refractivity (Wildman–Crippen MR) is 66.9 cm³/mol. The minimum Gasteiger partial charge on any atom is -0.340 e. The van der Waals surface area contributed by atoms with Gasteiger partial charge in [0, 0.05) is 31.6 Å². The van der Waals surface area contributed by atoms with Gasteiger partial charge >= 0.3 is 0 Å². The molecule has 0 aromatic heterocycles. The second kappa shape index (κ2) is 6.51. The topological polar surface area (TPSA) is 32.3 Å². The van der Waals surface area contributed by atoms with E-state index in [1.165, 1.54) is 0 Å². The summed E-state index contributed by atoms with van der Waals surface area (Å²) in [4.78, 5) is 13.6. The molecule has 1 amide bonds. The van der Waals surface area contributed by atoms with E-state index >= 15 is 0 Å². The minimum absolute atomic E-state index is 0.0383. The molecule has 0 atom stereocenters. The van der Waals surface area contributed by atoms with Gasteiger partial charge in [0.1, 0.15) is 0 Å². The van der Waals surface area contributed by atoms with Crippen molar-refractivity contribution in [3.8, 4) is 0 Å². The number of carbonyl (C=O) groups is 1. The Kier molecular flexibility index (Phi) is 5.29. The number of hydrogen-bond donors (Lipinski definition) is 1. The first-order chi connectivity index (χ1) is 7.69. The van der Waals surface area contributed by atoms with Gasteiger partial charge in [0.15, 0.2) is 0 Å². The van der Waals surface area contributed by atoms with Crippen molar-refractivity contribution < 1.29 is 4.79 Å². The Hall–Kier alpha value is -1.06. The van der Waals surface area contributed by atoms with Gasteiger partial charge in [0.2, 0.25) is 0 Å². The van der Waals surface area contributed by atoms with Crippen LogP contribution in [0, 0.1) is 0 Å². The number of nitrogens with one attached hydrogen (secondary N) is 1. The van der Waals surface area contributed by atoms with Crippen LogP contribution in [0.3, 0.4) is 0 Å². The lowest BCUT2D eigenvalue weighted by atomic mass is 10.1. The summed E-state index contributed by atoms with van der Waals surface area (Å²) in [5.41, 5.74) is 1.73. The summed E-state index contributed by atoms with van der Waals surface area (Å²) in [6.45, 7) is 1.49. The molecule has 0 spiro atoms. The number of rotatable bonds is 5. The summed E-state index contributed by atoms with van der Waals surface area (Å²) in [6, 6.07) is 7.39. The molecular formula is C12H17ClN2O. The number of amides is 1. The van der Waals surface area contributed by atoms with Crippen molar-refractivity contribution in [1.29, 1.82) is 0 Å². The fraction of sp³-hybridized carbons (Fsp3) is 0.417. The molecule has 3 nitrogen and oxygen atoms in total. The quantitative estimate of drug-likeness (QED) is 0.795. The summed E-state index contributed by atoms with van der Waals surface area (Å²) in [5.74, 6) is 0.515. The van der Waals surface area contributed by atoms with Crippen LogP contribution in [0.1, 0.15) is 15.9 Å². The van der Waals surface area contributed by atoms with E-state index in [9.17, 15) is 4.79 Å². The fourth-order valence-electron chi connectivity index (χ4n) is 1.34. The smallest absolute Gasteiger partial charge is 0.253 e. The largest absolute Gasteiger partial charge is 0.340 e. The van der Waals surface area contributed by atoms with E-state index in [1.807, 2.05) is 31.3 Å². The van der Waals surface area contributed by atoms with Crippen molar-refractivity contribution in [1.82, 2.24) is 10.2 Å². The zero-order chi connectivity index (χ0) is 12.0.